The highest BCUT2D eigenvalue weighted by Crippen LogP contribution is 2.21. The molecule has 4 nitrogen and oxygen atoms in total. The van der Waals surface area contributed by atoms with Crippen molar-refractivity contribution in [3.05, 3.63) is 29.3 Å². The summed E-state index contributed by atoms with van der Waals surface area (Å²) in [5.41, 5.74) is 0.824. The third-order valence-electron chi connectivity index (χ3n) is 1.79. The molecule has 0 spiro atoms. The quantitative estimate of drug-likeness (QED) is 0.500. The molecule has 84 valence electrons. The van der Waals surface area contributed by atoms with E-state index in [1.54, 1.807) is 12.1 Å². The Bertz CT molecular complexity index is 450. The van der Waals surface area contributed by atoms with Gasteiger partial charge in [-0.05, 0) is 32.0 Å². The van der Waals surface area contributed by atoms with E-state index in [1.165, 1.54) is 6.07 Å². The van der Waals surface area contributed by atoms with Crippen LogP contribution in [0.25, 0.3) is 0 Å². The minimum absolute atomic E-state index is 0.0140. The molecule has 1 aromatic carbocycles. The fraction of sp³-hybridized carbons (Fsp3) is 0.273. The molecule has 1 N–H and O–H groups in total. The minimum Gasteiger partial charge on any atom is -0.490 e. The number of oxime groups is 1. The van der Waals surface area contributed by atoms with Gasteiger partial charge in [-0.3, -0.25) is 0 Å². The van der Waals surface area contributed by atoms with Crippen LogP contribution in [0.3, 0.4) is 0 Å². The molecule has 0 unspecified atom stereocenters. The lowest BCUT2D eigenvalue weighted by molar-refractivity contribution is 0.241. The first kappa shape index (κ1) is 12.3. The third-order valence-corrected chi connectivity index (χ3v) is 2.08. The van der Waals surface area contributed by atoms with E-state index in [9.17, 15) is 0 Å². The van der Waals surface area contributed by atoms with Crippen molar-refractivity contribution in [3.63, 3.8) is 0 Å². The van der Waals surface area contributed by atoms with Crippen molar-refractivity contribution in [2.75, 3.05) is 0 Å². The van der Waals surface area contributed by atoms with Crippen LogP contribution in [0, 0.1) is 11.3 Å². The van der Waals surface area contributed by atoms with Gasteiger partial charge >= 0.3 is 0 Å². The van der Waals surface area contributed by atoms with Gasteiger partial charge in [0.15, 0.2) is 5.17 Å². The number of nitriles is 1. The summed E-state index contributed by atoms with van der Waals surface area (Å²) in [6.07, 6.45) is -0.0140. The number of benzene rings is 1. The van der Waals surface area contributed by atoms with Gasteiger partial charge in [0, 0.05) is 5.56 Å². The number of halogens is 1. The number of hydrogen-bond donors (Lipinski definition) is 1. The van der Waals surface area contributed by atoms with E-state index in [2.05, 4.69) is 5.16 Å². The van der Waals surface area contributed by atoms with Gasteiger partial charge in [0.25, 0.3) is 0 Å². The second kappa shape index (κ2) is 5.38. The lowest BCUT2D eigenvalue weighted by Crippen LogP contribution is -2.07. The molecule has 1 rings (SSSR count). The summed E-state index contributed by atoms with van der Waals surface area (Å²) in [6, 6.07) is 6.77. The Hall–Kier alpha value is -1.73. The van der Waals surface area contributed by atoms with E-state index >= 15 is 0 Å². The molecule has 0 fully saturated rings. The van der Waals surface area contributed by atoms with E-state index in [1.807, 2.05) is 19.9 Å². The summed E-state index contributed by atoms with van der Waals surface area (Å²) >= 11 is 5.63. The molecule has 0 saturated carbocycles. The van der Waals surface area contributed by atoms with Crippen molar-refractivity contribution in [1.82, 2.24) is 0 Å². The molecular formula is C11H11ClN2O2. The molecule has 1 aromatic rings. The van der Waals surface area contributed by atoms with Gasteiger partial charge < -0.3 is 9.94 Å². The fourth-order valence-electron chi connectivity index (χ4n) is 1.16. The minimum atomic E-state index is -0.0624. The monoisotopic (exact) mass is 238 g/mol. The summed E-state index contributed by atoms with van der Waals surface area (Å²) in [6.45, 7) is 3.74. The highest BCUT2D eigenvalue weighted by molar-refractivity contribution is 6.69. The van der Waals surface area contributed by atoms with E-state index < -0.39 is 0 Å². The largest absolute Gasteiger partial charge is 0.490 e. The molecule has 0 atom stereocenters. The van der Waals surface area contributed by atoms with Gasteiger partial charge in [0.05, 0.1) is 11.7 Å². The van der Waals surface area contributed by atoms with Crippen LogP contribution in [0.2, 0.25) is 0 Å². The molecule has 0 aliphatic rings. The number of ether oxygens (including phenoxy) is 1. The second-order valence-corrected chi connectivity index (χ2v) is 3.74. The van der Waals surface area contributed by atoms with Crippen molar-refractivity contribution in [3.8, 4) is 11.8 Å². The summed E-state index contributed by atoms with van der Waals surface area (Å²) in [4.78, 5) is 0. The first-order valence-corrected chi connectivity index (χ1v) is 5.05. The van der Waals surface area contributed by atoms with Crippen LogP contribution in [0.15, 0.2) is 23.4 Å². The topological polar surface area (TPSA) is 65.6 Å². The maximum atomic E-state index is 8.93. The number of nitrogens with zero attached hydrogens (tertiary/aromatic N) is 2. The van der Waals surface area contributed by atoms with Crippen LogP contribution in [0.4, 0.5) is 0 Å². The first-order valence-electron chi connectivity index (χ1n) is 4.67. The molecule has 0 saturated heterocycles. The van der Waals surface area contributed by atoms with Gasteiger partial charge in [0.2, 0.25) is 0 Å². The summed E-state index contributed by atoms with van der Waals surface area (Å²) in [7, 11) is 0. The Labute approximate surface area is 98.7 Å². The predicted octanol–water partition coefficient (Wildman–Crippen LogP) is 2.72. The molecule has 5 heteroatoms. The molecule has 0 aliphatic heterocycles. The summed E-state index contributed by atoms with van der Waals surface area (Å²) in [5.74, 6) is 0.489. The number of hydrogen-bond acceptors (Lipinski definition) is 4. The summed E-state index contributed by atoms with van der Waals surface area (Å²) < 4.78 is 5.44. The molecule has 0 amide bonds. The van der Waals surface area contributed by atoms with Crippen LogP contribution < -0.4 is 4.74 Å². The standard InChI is InChI=1S/C11H11ClN2O2/c1-7(2)16-10-4-3-8(11(12)14-15)5-9(10)6-13/h3-5,7,15H,1-2H3. The maximum absolute atomic E-state index is 8.93. The van der Waals surface area contributed by atoms with Crippen molar-refractivity contribution in [1.29, 1.82) is 5.26 Å². The van der Waals surface area contributed by atoms with Crippen LogP contribution >= 0.6 is 11.6 Å². The zero-order valence-corrected chi connectivity index (χ0v) is 9.69. The Balaban J connectivity index is 3.13. The van der Waals surface area contributed by atoms with E-state index in [0.717, 1.165) is 0 Å². The molecule has 16 heavy (non-hydrogen) atoms. The Morgan fingerprint density at radius 2 is 2.25 bits per heavy atom. The van der Waals surface area contributed by atoms with Gasteiger partial charge in [0.1, 0.15) is 11.8 Å². The van der Waals surface area contributed by atoms with E-state index in [4.69, 9.17) is 26.8 Å². The van der Waals surface area contributed by atoms with Crippen molar-refractivity contribution >= 4 is 16.8 Å². The maximum Gasteiger partial charge on any atom is 0.175 e. The van der Waals surface area contributed by atoms with Gasteiger partial charge in [-0.15, -0.1) is 0 Å². The molecular weight excluding hydrogens is 228 g/mol. The van der Waals surface area contributed by atoms with Gasteiger partial charge in [-0.1, -0.05) is 16.8 Å². The molecule has 0 heterocycles. The average molecular weight is 239 g/mol. The Morgan fingerprint density at radius 3 is 2.75 bits per heavy atom. The van der Waals surface area contributed by atoms with Crippen molar-refractivity contribution in [2.45, 2.75) is 20.0 Å². The lowest BCUT2D eigenvalue weighted by atomic mass is 10.1. The lowest BCUT2D eigenvalue weighted by Gasteiger charge is -2.11. The molecule has 0 bridgehead atoms. The molecule has 0 aliphatic carbocycles. The SMILES string of the molecule is CC(C)Oc1ccc(C(Cl)=NO)cc1C#N. The highest BCUT2D eigenvalue weighted by Gasteiger charge is 2.09. The highest BCUT2D eigenvalue weighted by atomic mass is 35.5. The average Bonchev–Trinajstić information content (AvgIpc) is 2.27. The third kappa shape index (κ3) is 2.88. The predicted molar refractivity (Wildman–Crippen MR) is 61.1 cm³/mol. The summed E-state index contributed by atoms with van der Waals surface area (Å²) in [5, 5.41) is 20.2. The van der Waals surface area contributed by atoms with Gasteiger partial charge in [-0.2, -0.15) is 5.26 Å². The van der Waals surface area contributed by atoms with Crippen LogP contribution in [-0.4, -0.2) is 16.5 Å². The van der Waals surface area contributed by atoms with Crippen LogP contribution in [0.5, 0.6) is 5.75 Å². The smallest absolute Gasteiger partial charge is 0.175 e. The number of rotatable bonds is 3. The molecule has 0 aromatic heterocycles. The van der Waals surface area contributed by atoms with Crippen LogP contribution in [0.1, 0.15) is 25.0 Å². The fourth-order valence-corrected chi connectivity index (χ4v) is 1.28. The zero-order chi connectivity index (χ0) is 12.1. The second-order valence-electron chi connectivity index (χ2n) is 3.38. The van der Waals surface area contributed by atoms with Crippen molar-refractivity contribution < 1.29 is 9.94 Å². The van der Waals surface area contributed by atoms with E-state index in [0.29, 0.717) is 16.9 Å². The zero-order valence-electron chi connectivity index (χ0n) is 8.94. The van der Waals surface area contributed by atoms with Crippen LogP contribution in [-0.2, 0) is 0 Å². The Morgan fingerprint density at radius 1 is 1.56 bits per heavy atom. The first-order chi connectivity index (χ1) is 7.58. The van der Waals surface area contributed by atoms with Gasteiger partial charge in [-0.25, -0.2) is 0 Å². The normalized spacial score (nSPS) is 11.3. The molecule has 0 radical (unpaired) electrons. The van der Waals surface area contributed by atoms with Crippen molar-refractivity contribution in [2.24, 2.45) is 5.16 Å². The van der Waals surface area contributed by atoms with E-state index in [-0.39, 0.29) is 11.3 Å². The Kier molecular flexibility index (Phi) is 4.15.